The molecule has 3 aromatic heterocycles. The summed E-state index contributed by atoms with van der Waals surface area (Å²) in [4.78, 5) is 12.9. The fraction of sp³-hybridized carbons (Fsp3) is 0.182. The van der Waals surface area contributed by atoms with Crippen LogP contribution in [0.5, 0.6) is 0 Å². The van der Waals surface area contributed by atoms with Gasteiger partial charge in [-0.3, -0.25) is 4.79 Å². The number of nitrogens with two attached hydrogens (primary N) is 1. The normalized spacial score (nSPS) is 11.6. The number of hydrogen-bond donors (Lipinski definition) is 1. The highest BCUT2D eigenvalue weighted by Crippen LogP contribution is 2.39. The molecule has 0 bridgehead atoms. The molecule has 0 saturated heterocycles. The highest BCUT2D eigenvalue weighted by atomic mass is 32.2. The van der Waals surface area contributed by atoms with Gasteiger partial charge in [-0.1, -0.05) is 0 Å². The first kappa shape index (κ1) is 9.86. The summed E-state index contributed by atoms with van der Waals surface area (Å²) in [7, 11) is 0. The van der Waals surface area contributed by atoms with E-state index in [1.165, 1.54) is 19.0 Å². The Hall–Kier alpha value is -1.33. The summed E-state index contributed by atoms with van der Waals surface area (Å²) in [6.07, 6.45) is 0. The molecule has 3 rings (SSSR count). The van der Waals surface area contributed by atoms with Crippen molar-refractivity contribution in [2.75, 3.05) is 5.84 Å². The zero-order valence-corrected chi connectivity index (χ0v) is 10.5. The first-order chi connectivity index (χ1) is 7.58. The summed E-state index contributed by atoms with van der Waals surface area (Å²) in [6, 6.07) is 3.77. The van der Waals surface area contributed by atoms with Gasteiger partial charge in [-0.2, -0.15) is 0 Å². The van der Waals surface area contributed by atoms with Gasteiger partial charge >= 0.3 is 0 Å². The number of aromatic nitrogens is 1. The second-order valence-corrected chi connectivity index (χ2v) is 6.38. The molecule has 0 atom stereocenters. The molecule has 0 radical (unpaired) electrons. The Morgan fingerprint density at radius 2 is 1.94 bits per heavy atom. The predicted molar refractivity (Wildman–Crippen MR) is 71.1 cm³/mol. The molecule has 0 saturated carbocycles. The third-order valence-electron chi connectivity index (χ3n) is 2.75. The average Bonchev–Trinajstić information content (AvgIpc) is 2.73. The third-order valence-corrected chi connectivity index (χ3v) is 5.22. The standard InChI is InChI=1S/C11H10N2OS2/c1-5-3-8-7-4-9(14)13(12)6(2)10(7)16-11(8)15-5/h3-4H,12H2,1-2H3. The Morgan fingerprint density at radius 1 is 1.19 bits per heavy atom. The van der Waals surface area contributed by atoms with Crippen LogP contribution in [0.2, 0.25) is 0 Å². The van der Waals surface area contributed by atoms with Gasteiger partial charge in [-0.05, 0) is 19.9 Å². The van der Waals surface area contributed by atoms with Gasteiger partial charge in [0.2, 0.25) is 0 Å². The van der Waals surface area contributed by atoms with E-state index >= 15 is 0 Å². The average molecular weight is 250 g/mol. The predicted octanol–water partition coefficient (Wildman–Crippen LogP) is 2.61. The number of aryl methyl sites for hydroxylation is 2. The summed E-state index contributed by atoms with van der Waals surface area (Å²) < 4.78 is 3.60. The molecule has 0 aromatic carbocycles. The summed E-state index contributed by atoms with van der Waals surface area (Å²) in [6.45, 7) is 3.97. The van der Waals surface area contributed by atoms with Crippen LogP contribution in [0.15, 0.2) is 16.9 Å². The SMILES string of the molecule is Cc1cc2c(s1)sc1c(C)n(N)c(=O)cc12. The molecule has 0 aliphatic rings. The van der Waals surface area contributed by atoms with Crippen molar-refractivity contribution in [1.82, 2.24) is 4.68 Å². The van der Waals surface area contributed by atoms with Crippen molar-refractivity contribution in [2.45, 2.75) is 13.8 Å². The van der Waals surface area contributed by atoms with Gasteiger partial charge in [0.05, 0.1) is 14.4 Å². The molecular formula is C11H10N2OS2. The highest BCUT2D eigenvalue weighted by Gasteiger charge is 2.12. The largest absolute Gasteiger partial charge is 0.336 e. The van der Waals surface area contributed by atoms with Crippen molar-refractivity contribution >= 4 is 42.2 Å². The maximum absolute atomic E-state index is 11.6. The van der Waals surface area contributed by atoms with Gasteiger partial charge in [0.15, 0.2) is 0 Å². The lowest BCUT2D eigenvalue weighted by molar-refractivity contribution is 0.904. The molecule has 0 aliphatic heterocycles. The smallest absolute Gasteiger partial charge is 0.269 e. The van der Waals surface area contributed by atoms with Crippen LogP contribution >= 0.6 is 22.7 Å². The molecule has 3 nitrogen and oxygen atoms in total. The van der Waals surface area contributed by atoms with Crippen molar-refractivity contribution in [3.05, 3.63) is 33.1 Å². The van der Waals surface area contributed by atoms with Gasteiger partial charge < -0.3 is 5.84 Å². The van der Waals surface area contributed by atoms with E-state index in [1.807, 2.05) is 6.92 Å². The Labute approximate surface area is 99.7 Å². The van der Waals surface area contributed by atoms with Crippen LogP contribution in [0.4, 0.5) is 0 Å². The van der Waals surface area contributed by atoms with E-state index in [4.69, 9.17) is 5.84 Å². The Morgan fingerprint density at radius 3 is 2.69 bits per heavy atom. The van der Waals surface area contributed by atoms with Crippen molar-refractivity contribution in [2.24, 2.45) is 0 Å². The second-order valence-electron chi connectivity index (χ2n) is 3.84. The van der Waals surface area contributed by atoms with Gasteiger partial charge in [0, 0.05) is 21.7 Å². The van der Waals surface area contributed by atoms with E-state index in [1.54, 1.807) is 28.7 Å². The Balaban J connectivity index is 2.62. The Kier molecular flexibility index (Phi) is 1.90. The van der Waals surface area contributed by atoms with E-state index in [-0.39, 0.29) is 5.56 Å². The zero-order valence-electron chi connectivity index (χ0n) is 8.90. The first-order valence-corrected chi connectivity index (χ1v) is 6.51. The number of hydrogen-bond acceptors (Lipinski definition) is 4. The molecule has 0 amide bonds. The Bertz CT molecular complexity index is 764. The lowest BCUT2D eigenvalue weighted by Crippen LogP contribution is -2.28. The second kappa shape index (κ2) is 3.09. The molecule has 3 aromatic rings. The lowest BCUT2D eigenvalue weighted by atomic mass is 10.2. The minimum atomic E-state index is -0.145. The molecule has 82 valence electrons. The molecule has 2 N–H and O–H groups in total. The minimum absolute atomic E-state index is 0.145. The maximum atomic E-state index is 11.6. The maximum Gasteiger partial charge on any atom is 0.269 e. The van der Waals surface area contributed by atoms with E-state index in [2.05, 4.69) is 13.0 Å². The topological polar surface area (TPSA) is 48.0 Å². The first-order valence-electron chi connectivity index (χ1n) is 4.88. The van der Waals surface area contributed by atoms with Crippen molar-refractivity contribution in [3.63, 3.8) is 0 Å². The van der Waals surface area contributed by atoms with Gasteiger partial charge in [0.25, 0.3) is 5.56 Å². The van der Waals surface area contributed by atoms with Crippen LogP contribution in [-0.4, -0.2) is 4.68 Å². The zero-order chi connectivity index (χ0) is 11.4. The lowest BCUT2D eigenvalue weighted by Gasteiger charge is -2.02. The quantitative estimate of drug-likeness (QED) is 0.623. The molecule has 16 heavy (non-hydrogen) atoms. The van der Waals surface area contributed by atoms with E-state index in [0.29, 0.717) is 0 Å². The number of nitrogens with zero attached hydrogens (tertiary/aromatic N) is 1. The number of rotatable bonds is 0. The minimum Gasteiger partial charge on any atom is -0.336 e. The van der Waals surface area contributed by atoms with Crippen LogP contribution in [0, 0.1) is 13.8 Å². The molecule has 3 heterocycles. The van der Waals surface area contributed by atoms with Crippen LogP contribution in [-0.2, 0) is 0 Å². The van der Waals surface area contributed by atoms with Gasteiger partial charge in [-0.25, -0.2) is 4.68 Å². The van der Waals surface area contributed by atoms with Crippen LogP contribution in [0.1, 0.15) is 10.6 Å². The fourth-order valence-corrected chi connectivity index (χ4v) is 4.45. The van der Waals surface area contributed by atoms with Crippen LogP contribution in [0.3, 0.4) is 0 Å². The van der Waals surface area contributed by atoms with E-state index in [0.717, 1.165) is 15.8 Å². The molecule has 5 heteroatoms. The summed E-state index contributed by atoms with van der Waals surface area (Å²) in [5.74, 6) is 5.68. The van der Waals surface area contributed by atoms with Gasteiger partial charge in [0.1, 0.15) is 0 Å². The summed E-state index contributed by atoms with van der Waals surface area (Å²) in [5.41, 5.74) is 0.696. The summed E-state index contributed by atoms with van der Waals surface area (Å²) in [5, 5.41) is 2.22. The fourth-order valence-electron chi connectivity index (χ4n) is 1.91. The van der Waals surface area contributed by atoms with Crippen molar-refractivity contribution in [1.29, 1.82) is 0 Å². The highest BCUT2D eigenvalue weighted by molar-refractivity contribution is 7.41. The molecule has 0 aliphatic carbocycles. The van der Waals surface area contributed by atoms with Gasteiger partial charge in [-0.15, -0.1) is 22.7 Å². The third kappa shape index (κ3) is 1.15. The van der Waals surface area contributed by atoms with Crippen LogP contribution < -0.4 is 11.4 Å². The van der Waals surface area contributed by atoms with Crippen molar-refractivity contribution < 1.29 is 0 Å². The summed E-state index contributed by atoms with van der Waals surface area (Å²) >= 11 is 3.48. The van der Waals surface area contributed by atoms with E-state index in [9.17, 15) is 4.79 Å². The molecule has 0 spiro atoms. The van der Waals surface area contributed by atoms with Crippen LogP contribution in [0.25, 0.3) is 19.5 Å². The number of fused-ring (bicyclic) bond motifs is 3. The van der Waals surface area contributed by atoms with Crippen molar-refractivity contribution in [3.8, 4) is 0 Å². The molecule has 0 unspecified atom stereocenters. The number of pyridine rings is 1. The molecule has 0 fully saturated rings. The van der Waals surface area contributed by atoms with E-state index < -0.39 is 0 Å². The number of nitrogen functional groups attached to an aromatic ring is 1. The monoisotopic (exact) mass is 250 g/mol. The number of thiophene rings is 2. The molecular weight excluding hydrogens is 240 g/mol.